The number of rotatable bonds is 6. The molecule has 0 bridgehead atoms. The summed E-state index contributed by atoms with van der Waals surface area (Å²) in [6.45, 7) is 7.45. The van der Waals surface area contributed by atoms with E-state index in [0.717, 1.165) is 49.7 Å². The van der Waals surface area contributed by atoms with Crippen molar-refractivity contribution in [3.05, 3.63) is 29.2 Å². The predicted molar refractivity (Wildman–Crippen MR) is 136 cm³/mol. The quantitative estimate of drug-likeness (QED) is 0.523. The normalized spacial score (nSPS) is 25.2. The van der Waals surface area contributed by atoms with Crippen LogP contribution in [-0.4, -0.2) is 76.2 Å². The molecule has 2 aromatic heterocycles. The SMILES string of the molecule is CC(O)C1CN(c2nccc(Sc3cnc(N4CCC5(CC4)CO[C@@H](C)[C@H]5N)c(CO)n3)c2Cl)C1. The Kier molecular flexibility index (Phi) is 7.13. The van der Waals surface area contributed by atoms with Gasteiger partial charge in [0.2, 0.25) is 0 Å². The van der Waals surface area contributed by atoms with Crippen LogP contribution in [0.3, 0.4) is 0 Å². The highest BCUT2D eigenvalue weighted by Crippen LogP contribution is 2.43. The second kappa shape index (κ2) is 9.99. The lowest BCUT2D eigenvalue weighted by Gasteiger charge is -2.42. The van der Waals surface area contributed by atoms with Gasteiger partial charge >= 0.3 is 0 Å². The minimum Gasteiger partial charge on any atom is -0.393 e. The molecular weight excluding hydrogens is 488 g/mol. The molecule has 0 saturated carbocycles. The van der Waals surface area contributed by atoms with Crippen LogP contribution in [0.1, 0.15) is 32.4 Å². The number of halogens is 1. The summed E-state index contributed by atoms with van der Waals surface area (Å²) in [4.78, 5) is 18.9. The number of anilines is 2. The fourth-order valence-electron chi connectivity index (χ4n) is 5.28. The number of hydrogen-bond donors (Lipinski definition) is 3. The molecule has 5 heterocycles. The number of aliphatic hydroxyl groups is 2. The Morgan fingerprint density at radius 2 is 2.00 bits per heavy atom. The molecular formula is C24H33ClN6O3S. The maximum atomic E-state index is 10.1. The molecule has 190 valence electrons. The highest BCUT2D eigenvalue weighted by molar-refractivity contribution is 7.99. The van der Waals surface area contributed by atoms with Crippen molar-refractivity contribution in [1.82, 2.24) is 15.0 Å². The second-order valence-electron chi connectivity index (χ2n) is 9.98. The van der Waals surface area contributed by atoms with Crippen LogP contribution in [0, 0.1) is 11.3 Å². The third kappa shape index (κ3) is 4.72. The van der Waals surface area contributed by atoms with Crippen molar-refractivity contribution in [2.45, 2.75) is 61.5 Å². The predicted octanol–water partition coefficient (Wildman–Crippen LogP) is 2.32. The fraction of sp³-hybridized carbons (Fsp3) is 0.625. The van der Waals surface area contributed by atoms with Gasteiger partial charge in [-0.15, -0.1) is 0 Å². The fourth-order valence-corrected chi connectivity index (χ4v) is 6.42. The van der Waals surface area contributed by atoms with E-state index in [-0.39, 0.29) is 36.2 Å². The highest BCUT2D eigenvalue weighted by atomic mass is 35.5. The zero-order valence-electron chi connectivity index (χ0n) is 20.1. The molecule has 35 heavy (non-hydrogen) atoms. The van der Waals surface area contributed by atoms with Crippen molar-refractivity contribution in [3.8, 4) is 0 Å². The van der Waals surface area contributed by atoms with Crippen molar-refractivity contribution in [3.63, 3.8) is 0 Å². The van der Waals surface area contributed by atoms with Gasteiger partial charge in [-0.3, -0.25) is 0 Å². The van der Waals surface area contributed by atoms with E-state index in [9.17, 15) is 10.2 Å². The summed E-state index contributed by atoms with van der Waals surface area (Å²) in [5.74, 6) is 1.67. The molecule has 11 heteroatoms. The summed E-state index contributed by atoms with van der Waals surface area (Å²) in [6.07, 6.45) is 5.08. The van der Waals surface area contributed by atoms with Crippen LogP contribution in [-0.2, 0) is 11.3 Å². The van der Waals surface area contributed by atoms with Gasteiger partial charge in [0, 0.05) is 54.6 Å². The first-order valence-corrected chi connectivity index (χ1v) is 13.3. The Morgan fingerprint density at radius 1 is 1.26 bits per heavy atom. The maximum absolute atomic E-state index is 10.1. The Bertz CT molecular complexity index is 1060. The van der Waals surface area contributed by atoms with Crippen LogP contribution >= 0.6 is 23.4 Å². The van der Waals surface area contributed by atoms with E-state index >= 15 is 0 Å². The molecule has 0 radical (unpaired) electrons. The van der Waals surface area contributed by atoms with Crippen molar-refractivity contribution in [2.75, 3.05) is 42.6 Å². The standard InChI is InChI=1S/C24H33ClN6O3S/c1-14(33)16-10-31(11-16)23-20(25)18(3-6-27-23)35-19-9-28-22(17(12-32)29-19)30-7-4-24(5-8-30)13-34-15(2)21(24)26/h3,6,9,14-16,21,32-33H,4-5,7-8,10-13,26H2,1-2H3/t14?,15-,21+/m0/s1. The van der Waals surface area contributed by atoms with Gasteiger partial charge in [0.15, 0.2) is 5.82 Å². The summed E-state index contributed by atoms with van der Waals surface area (Å²) in [5, 5.41) is 21.0. The van der Waals surface area contributed by atoms with E-state index in [4.69, 9.17) is 27.1 Å². The van der Waals surface area contributed by atoms with Crippen LogP contribution in [0.5, 0.6) is 0 Å². The van der Waals surface area contributed by atoms with E-state index in [1.165, 1.54) is 11.8 Å². The summed E-state index contributed by atoms with van der Waals surface area (Å²) < 4.78 is 5.83. The van der Waals surface area contributed by atoms with Gasteiger partial charge in [0.25, 0.3) is 0 Å². The lowest BCUT2D eigenvalue weighted by molar-refractivity contribution is 0.0973. The lowest BCUT2D eigenvalue weighted by Crippen LogP contribution is -2.51. The Morgan fingerprint density at radius 3 is 2.63 bits per heavy atom. The molecule has 0 amide bonds. The van der Waals surface area contributed by atoms with Crippen molar-refractivity contribution in [1.29, 1.82) is 0 Å². The number of aromatic nitrogens is 3. The van der Waals surface area contributed by atoms with Crippen molar-refractivity contribution < 1.29 is 14.9 Å². The average Bonchev–Trinajstić information content (AvgIpc) is 3.09. The molecule has 1 spiro atoms. The first-order valence-electron chi connectivity index (χ1n) is 12.2. The zero-order chi connectivity index (χ0) is 24.7. The van der Waals surface area contributed by atoms with Crippen LogP contribution < -0.4 is 15.5 Å². The van der Waals surface area contributed by atoms with E-state index in [1.807, 2.05) is 19.9 Å². The van der Waals surface area contributed by atoms with E-state index in [2.05, 4.69) is 19.8 Å². The van der Waals surface area contributed by atoms with Gasteiger partial charge in [-0.1, -0.05) is 23.4 Å². The molecule has 1 unspecified atom stereocenters. The molecule has 3 aliphatic heterocycles. The number of hydrogen-bond acceptors (Lipinski definition) is 10. The zero-order valence-corrected chi connectivity index (χ0v) is 21.7. The molecule has 3 saturated heterocycles. The average molecular weight is 521 g/mol. The minimum absolute atomic E-state index is 0.0278. The number of nitrogens with zero attached hydrogens (tertiary/aromatic N) is 5. The monoisotopic (exact) mass is 520 g/mol. The van der Waals surface area contributed by atoms with Crippen LogP contribution in [0.15, 0.2) is 28.4 Å². The number of ether oxygens (including phenoxy) is 1. The molecule has 5 rings (SSSR count). The number of nitrogens with two attached hydrogens (primary N) is 1. The van der Waals surface area contributed by atoms with Gasteiger partial charge in [0.1, 0.15) is 16.5 Å². The second-order valence-corrected chi connectivity index (χ2v) is 11.4. The molecule has 3 fully saturated rings. The maximum Gasteiger partial charge on any atom is 0.152 e. The summed E-state index contributed by atoms with van der Waals surface area (Å²) in [5.41, 5.74) is 7.03. The Labute approximate surface area is 215 Å². The molecule has 3 atom stereocenters. The molecule has 2 aromatic rings. The summed E-state index contributed by atoms with van der Waals surface area (Å²) in [7, 11) is 0. The number of pyridine rings is 1. The first kappa shape index (κ1) is 25.0. The molecule has 0 aliphatic carbocycles. The lowest BCUT2D eigenvalue weighted by atomic mass is 9.73. The van der Waals surface area contributed by atoms with Gasteiger partial charge in [-0.2, -0.15) is 0 Å². The molecule has 0 aromatic carbocycles. The Hall–Kier alpha value is -1.69. The van der Waals surface area contributed by atoms with Gasteiger partial charge < -0.3 is 30.5 Å². The van der Waals surface area contributed by atoms with E-state index < -0.39 is 0 Å². The largest absolute Gasteiger partial charge is 0.393 e. The smallest absolute Gasteiger partial charge is 0.152 e. The third-order valence-electron chi connectivity index (χ3n) is 7.80. The van der Waals surface area contributed by atoms with Crippen molar-refractivity contribution in [2.24, 2.45) is 17.1 Å². The molecule has 3 aliphatic rings. The number of aliphatic hydroxyl groups excluding tert-OH is 2. The van der Waals surface area contributed by atoms with Crippen molar-refractivity contribution >= 4 is 35.0 Å². The minimum atomic E-state index is -0.342. The Balaban J connectivity index is 1.28. The van der Waals surface area contributed by atoms with E-state index in [0.29, 0.717) is 28.2 Å². The van der Waals surface area contributed by atoms with E-state index in [1.54, 1.807) is 12.4 Å². The highest BCUT2D eigenvalue weighted by Gasteiger charge is 2.47. The van der Waals surface area contributed by atoms with Gasteiger partial charge in [0.05, 0.1) is 36.6 Å². The van der Waals surface area contributed by atoms with Crippen LogP contribution in [0.2, 0.25) is 5.02 Å². The topological polar surface area (TPSA) is 121 Å². The molecule has 9 nitrogen and oxygen atoms in total. The third-order valence-corrected chi connectivity index (χ3v) is 9.25. The van der Waals surface area contributed by atoms with Crippen LogP contribution in [0.4, 0.5) is 11.6 Å². The van der Waals surface area contributed by atoms with Gasteiger partial charge in [-0.25, -0.2) is 15.0 Å². The first-order chi connectivity index (χ1) is 16.8. The van der Waals surface area contributed by atoms with Gasteiger partial charge in [-0.05, 0) is 32.8 Å². The molecule has 4 N–H and O–H groups in total. The summed E-state index contributed by atoms with van der Waals surface area (Å²) in [6, 6.07) is 1.91. The number of piperidine rings is 1. The summed E-state index contributed by atoms with van der Waals surface area (Å²) >= 11 is 8.09. The van der Waals surface area contributed by atoms with Crippen LogP contribution in [0.25, 0.3) is 0 Å².